The number of anilines is 1. The quantitative estimate of drug-likeness (QED) is 0.852. The van der Waals surface area contributed by atoms with Gasteiger partial charge in [0.25, 0.3) is 5.91 Å². The number of hydrogen-bond acceptors (Lipinski definition) is 3. The number of carbonyl (C=O) groups excluding carboxylic acids is 1. The van der Waals surface area contributed by atoms with Crippen LogP contribution in [0.1, 0.15) is 31.9 Å². The van der Waals surface area contributed by atoms with Gasteiger partial charge in [0.15, 0.2) is 5.84 Å². The van der Waals surface area contributed by atoms with Crippen LogP contribution in [-0.2, 0) is 4.79 Å². The van der Waals surface area contributed by atoms with E-state index in [1.807, 2.05) is 83.1 Å². The van der Waals surface area contributed by atoms with Crippen LogP contribution in [-0.4, -0.2) is 22.2 Å². The van der Waals surface area contributed by atoms with E-state index < -0.39 is 0 Å². The third kappa shape index (κ3) is 3.85. The van der Waals surface area contributed by atoms with Crippen LogP contribution < -0.4 is 5.32 Å². The molecule has 1 aliphatic heterocycles. The van der Waals surface area contributed by atoms with Crippen molar-refractivity contribution in [2.75, 3.05) is 5.32 Å². The molecular weight excluding hydrogens is 322 g/mol. The molecule has 0 saturated heterocycles. The van der Waals surface area contributed by atoms with Gasteiger partial charge in [0.05, 0.1) is 11.4 Å². The van der Waals surface area contributed by atoms with Crippen molar-refractivity contribution >= 4 is 23.1 Å². The van der Waals surface area contributed by atoms with E-state index in [0.29, 0.717) is 11.5 Å². The van der Waals surface area contributed by atoms with Crippen molar-refractivity contribution < 1.29 is 4.79 Å². The molecule has 0 aliphatic carbocycles. The summed E-state index contributed by atoms with van der Waals surface area (Å²) in [6.07, 6.45) is 1.62. The number of rotatable bonds is 3. The molecule has 4 nitrogen and oxygen atoms in total. The molecule has 0 spiro atoms. The maximum Gasteiger partial charge on any atom is 0.254 e. The predicted molar refractivity (Wildman–Crippen MR) is 108 cm³/mol. The highest BCUT2D eigenvalue weighted by Gasteiger charge is 2.37. The average molecular weight is 347 g/mol. The van der Waals surface area contributed by atoms with Crippen LogP contribution in [0.25, 0.3) is 0 Å². The van der Waals surface area contributed by atoms with Crippen LogP contribution in [0.15, 0.2) is 65.3 Å². The fraction of sp³-hybridized carbons (Fsp3) is 0.273. The van der Waals surface area contributed by atoms with Gasteiger partial charge < -0.3 is 5.32 Å². The van der Waals surface area contributed by atoms with E-state index in [9.17, 15) is 4.79 Å². The summed E-state index contributed by atoms with van der Waals surface area (Å²) in [5.41, 5.74) is 4.48. The summed E-state index contributed by atoms with van der Waals surface area (Å²) in [5.74, 6) is 0.588. The second kappa shape index (κ2) is 6.79. The Hall–Kier alpha value is -2.88. The van der Waals surface area contributed by atoms with Gasteiger partial charge in [0, 0.05) is 17.3 Å². The number of carbonyl (C=O) groups is 1. The molecule has 0 fully saturated rings. The first kappa shape index (κ1) is 17.9. The van der Waals surface area contributed by atoms with Crippen molar-refractivity contribution in [2.45, 2.75) is 40.2 Å². The van der Waals surface area contributed by atoms with Crippen LogP contribution in [0.4, 0.5) is 11.4 Å². The van der Waals surface area contributed by atoms with Crippen molar-refractivity contribution in [1.29, 1.82) is 0 Å². The topological polar surface area (TPSA) is 44.7 Å². The summed E-state index contributed by atoms with van der Waals surface area (Å²) < 4.78 is 0. The molecule has 1 aliphatic rings. The lowest BCUT2D eigenvalue weighted by atomic mass is 10.1. The van der Waals surface area contributed by atoms with E-state index in [2.05, 4.69) is 5.32 Å². The zero-order valence-corrected chi connectivity index (χ0v) is 16.0. The lowest BCUT2D eigenvalue weighted by Crippen LogP contribution is -2.46. The second-order valence-corrected chi connectivity index (χ2v) is 7.66. The highest BCUT2D eigenvalue weighted by molar-refractivity contribution is 6.21. The Balaban J connectivity index is 2.00. The van der Waals surface area contributed by atoms with Crippen LogP contribution in [0.2, 0.25) is 0 Å². The molecule has 1 N–H and O–H groups in total. The van der Waals surface area contributed by atoms with Gasteiger partial charge in [-0.25, -0.2) is 4.99 Å². The number of benzene rings is 2. The van der Waals surface area contributed by atoms with Crippen molar-refractivity contribution in [1.82, 2.24) is 4.90 Å². The van der Waals surface area contributed by atoms with Gasteiger partial charge in [-0.15, -0.1) is 0 Å². The molecule has 2 aromatic rings. The molecule has 0 radical (unpaired) electrons. The molecule has 0 atom stereocenters. The maximum atomic E-state index is 12.7. The molecular formula is C22H25N3O. The molecule has 0 aromatic heterocycles. The molecule has 1 amide bonds. The first-order valence-corrected chi connectivity index (χ1v) is 8.79. The van der Waals surface area contributed by atoms with Crippen molar-refractivity contribution in [3.05, 3.63) is 71.4 Å². The molecule has 3 rings (SSSR count). The smallest absolute Gasteiger partial charge is 0.254 e. The highest BCUT2D eigenvalue weighted by atomic mass is 16.2. The van der Waals surface area contributed by atoms with Gasteiger partial charge in [-0.05, 0) is 58.9 Å². The Morgan fingerprint density at radius 1 is 0.885 bits per heavy atom. The van der Waals surface area contributed by atoms with Crippen molar-refractivity contribution in [3.8, 4) is 0 Å². The van der Waals surface area contributed by atoms with Gasteiger partial charge in [-0.2, -0.15) is 0 Å². The van der Waals surface area contributed by atoms with Gasteiger partial charge in [0.2, 0.25) is 0 Å². The van der Waals surface area contributed by atoms with E-state index in [0.717, 1.165) is 11.4 Å². The third-order valence-corrected chi connectivity index (χ3v) is 4.21. The minimum atomic E-state index is -0.367. The predicted octanol–water partition coefficient (Wildman–Crippen LogP) is 4.97. The number of amidine groups is 1. The standard InChI is InChI=1S/C22H25N3O/c1-15-6-10-17(11-7-15)23-19-14-20(26)25(22(3,4)5)21(19)24-18-12-8-16(2)9-13-18/h6-14,23H,1-5H3. The normalized spacial score (nSPS) is 16.2. The number of nitrogens with one attached hydrogen (secondary N) is 1. The number of hydrogen-bond donors (Lipinski definition) is 1. The largest absolute Gasteiger partial charge is 0.352 e. The summed E-state index contributed by atoms with van der Waals surface area (Å²) in [4.78, 5) is 19.2. The molecule has 1 heterocycles. The molecule has 134 valence electrons. The molecule has 26 heavy (non-hydrogen) atoms. The minimum Gasteiger partial charge on any atom is -0.352 e. The Bertz CT molecular complexity index is 869. The fourth-order valence-corrected chi connectivity index (χ4v) is 2.86. The van der Waals surface area contributed by atoms with Gasteiger partial charge in [-0.1, -0.05) is 35.4 Å². The third-order valence-electron chi connectivity index (χ3n) is 4.21. The SMILES string of the molecule is Cc1ccc(N=C2C(Nc3ccc(C)cc3)=CC(=O)N2C(C)(C)C)cc1. The van der Waals surface area contributed by atoms with Gasteiger partial charge in [-0.3, -0.25) is 9.69 Å². The van der Waals surface area contributed by atoms with E-state index >= 15 is 0 Å². The van der Waals surface area contributed by atoms with E-state index in [-0.39, 0.29) is 11.4 Å². The zero-order valence-electron chi connectivity index (χ0n) is 16.0. The van der Waals surface area contributed by atoms with Crippen molar-refractivity contribution in [2.24, 2.45) is 4.99 Å². The summed E-state index contributed by atoms with van der Waals surface area (Å²) in [6.45, 7) is 10.1. The van der Waals surface area contributed by atoms with Gasteiger partial charge in [0.1, 0.15) is 0 Å². The summed E-state index contributed by atoms with van der Waals surface area (Å²) in [6, 6.07) is 16.1. The number of aliphatic imine (C=N–C) groups is 1. The molecule has 4 heteroatoms. The fourth-order valence-electron chi connectivity index (χ4n) is 2.86. The zero-order chi connectivity index (χ0) is 18.9. The number of nitrogens with zero attached hydrogens (tertiary/aromatic N) is 2. The summed E-state index contributed by atoms with van der Waals surface area (Å²) in [7, 11) is 0. The van der Waals surface area contributed by atoms with E-state index in [1.54, 1.807) is 11.0 Å². The van der Waals surface area contributed by atoms with Crippen molar-refractivity contribution in [3.63, 3.8) is 0 Å². The molecule has 2 aromatic carbocycles. The summed E-state index contributed by atoms with van der Waals surface area (Å²) in [5, 5.41) is 3.35. The van der Waals surface area contributed by atoms with E-state index in [1.165, 1.54) is 11.1 Å². The second-order valence-electron chi connectivity index (χ2n) is 7.66. The Morgan fingerprint density at radius 2 is 1.42 bits per heavy atom. The Labute approximate surface area is 155 Å². The lowest BCUT2D eigenvalue weighted by Gasteiger charge is -2.32. The summed E-state index contributed by atoms with van der Waals surface area (Å²) >= 11 is 0. The molecule has 0 saturated carbocycles. The van der Waals surface area contributed by atoms with Crippen LogP contribution in [0, 0.1) is 13.8 Å². The van der Waals surface area contributed by atoms with E-state index in [4.69, 9.17) is 4.99 Å². The molecule has 0 bridgehead atoms. The lowest BCUT2D eigenvalue weighted by molar-refractivity contribution is -0.124. The maximum absolute atomic E-state index is 12.7. The highest BCUT2D eigenvalue weighted by Crippen LogP contribution is 2.28. The van der Waals surface area contributed by atoms with Crippen LogP contribution >= 0.6 is 0 Å². The Kier molecular flexibility index (Phi) is 4.68. The average Bonchev–Trinajstić information content (AvgIpc) is 2.87. The monoisotopic (exact) mass is 347 g/mol. The first-order chi connectivity index (χ1) is 12.2. The van der Waals surface area contributed by atoms with Gasteiger partial charge >= 0.3 is 0 Å². The number of amides is 1. The minimum absolute atomic E-state index is 0.0574. The first-order valence-electron chi connectivity index (χ1n) is 8.79. The molecule has 0 unspecified atom stereocenters. The Morgan fingerprint density at radius 3 is 1.96 bits per heavy atom. The number of aryl methyl sites for hydroxylation is 2. The van der Waals surface area contributed by atoms with Crippen LogP contribution in [0.5, 0.6) is 0 Å². The van der Waals surface area contributed by atoms with Crippen LogP contribution in [0.3, 0.4) is 0 Å².